The number of rotatable bonds is 2. The molecule has 2 aromatic carbocycles. The van der Waals surface area contributed by atoms with E-state index < -0.39 is 0 Å². The summed E-state index contributed by atoms with van der Waals surface area (Å²) < 4.78 is 0. The zero-order valence-corrected chi connectivity index (χ0v) is 12.2. The molecule has 0 saturated heterocycles. The molecule has 2 heterocycles. The Bertz CT molecular complexity index is 918. The highest BCUT2D eigenvalue weighted by molar-refractivity contribution is 5.82. The molecule has 0 fully saturated rings. The maximum Gasteiger partial charge on any atom is 0.112 e. The third kappa shape index (κ3) is 2.08. The third-order valence-electron chi connectivity index (χ3n) is 4.54. The fourth-order valence-corrected chi connectivity index (χ4v) is 3.31. The minimum atomic E-state index is 1.03. The maximum absolute atomic E-state index is 3.38. The van der Waals surface area contributed by atoms with Crippen LogP contribution in [-0.4, -0.2) is 11.5 Å². The molecule has 0 radical (unpaired) electrons. The summed E-state index contributed by atoms with van der Waals surface area (Å²) in [4.78, 5) is 4.91. The number of para-hydroxylation sites is 1. The highest BCUT2D eigenvalue weighted by Crippen LogP contribution is 2.16. The maximum atomic E-state index is 3.38. The number of aromatic nitrogens is 1. The van der Waals surface area contributed by atoms with E-state index >= 15 is 0 Å². The second-order valence-corrected chi connectivity index (χ2v) is 5.76. The Kier molecular flexibility index (Phi) is 2.90. The quantitative estimate of drug-likeness (QED) is 0.700. The molecule has 0 amide bonds. The van der Waals surface area contributed by atoms with E-state index in [2.05, 4.69) is 72.7 Å². The van der Waals surface area contributed by atoms with Crippen LogP contribution in [0.25, 0.3) is 22.7 Å². The van der Waals surface area contributed by atoms with Gasteiger partial charge in [0.2, 0.25) is 0 Å². The van der Waals surface area contributed by atoms with Crippen LogP contribution in [0.2, 0.25) is 0 Å². The van der Waals surface area contributed by atoms with Crippen LogP contribution in [0.1, 0.15) is 12.5 Å². The monoisotopic (exact) mass is 275 g/mol. The Balaban J connectivity index is 1.75. The summed E-state index contributed by atoms with van der Waals surface area (Å²) in [6.07, 6.45) is 4.51. The molecule has 1 atom stereocenters. The molecule has 0 aliphatic carbocycles. The number of fused-ring (bicyclic) bond motifs is 2. The molecule has 4 rings (SSSR count). The lowest BCUT2D eigenvalue weighted by Gasteiger charge is -2.20. The van der Waals surface area contributed by atoms with Crippen molar-refractivity contribution in [3.05, 3.63) is 70.7 Å². The smallest absolute Gasteiger partial charge is 0.112 e. The fraction of sp³-hybridized carbons (Fsp3) is 0.158. The van der Waals surface area contributed by atoms with Crippen LogP contribution in [0.5, 0.6) is 0 Å². The summed E-state index contributed by atoms with van der Waals surface area (Å²) >= 11 is 0. The molecule has 0 saturated carbocycles. The molecule has 104 valence electrons. The molecule has 3 aromatic rings. The number of benzene rings is 2. The predicted molar refractivity (Wildman–Crippen MR) is 87.1 cm³/mol. The molecular weight excluding hydrogens is 256 g/mol. The first kappa shape index (κ1) is 12.4. The molecule has 0 bridgehead atoms. The van der Waals surface area contributed by atoms with Crippen LogP contribution in [0, 0.1) is 0 Å². The largest absolute Gasteiger partial charge is 0.361 e. The van der Waals surface area contributed by atoms with E-state index in [9.17, 15) is 0 Å². The van der Waals surface area contributed by atoms with Crippen molar-refractivity contribution in [2.24, 2.45) is 0 Å². The van der Waals surface area contributed by atoms with E-state index in [-0.39, 0.29) is 0 Å². The Labute approximate surface area is 124 Å². The van der Waals surface area contributed by atoms with Gasteiger partial charge in [-0.1, -0.05) is 36.4 Å². The second-order valence-electron chi connectivity index (χ2n) is 5.76. The average molecular weight is 275 g/mol. The van der Waals surface area contributed by atoms with Crippen LogP contribution < -0.4 is 15.3 Å². The zero-order chi connectivity index (χ0) is 14.2. The molecular formula is C19H19N2+. The van der Waals surface area contributed by atoms with Gasteiger partial charge in [0.25, 0.3) is 0 Å². The van der Waals surface area contributed by atoms with Crippen LogP contribution in [0.4, 0.5) is 0 Å². The van der Waals surface area contributed by atoms with Gasteiger partial charge in [0.05, 0.1) is 0 Å². The molecule has 1 aliphatic rings. The Hall–Kier alpha value is -2.32. The minimum absolute atomic E-state index is 1.03. The highest BCUT2D eigenvalue weighted by Gasteiger charge is 2.17. The van der Waals surface area contributed by atoms with Crippen molar-refractivity contribution in [3.8, 4) is 0 Å². The Morgan fingerprint density at radius 2 is 1.86 bits per heavy atom. The summed E-state index contributed by atoms with van der Waals surface area (Å²) in [6.45, 7) is 4.35. The number of H-pyrrole nitrogens is 1. The van der Waals surface area contributed by atoms with Gasteiger partial charge in [0.15, 0.2) is 0 Å². The number of aromatic amines is 1. The molecule has 2 heteroatoms. The van der Waals surface area contributed by atoms with Gasteiger partial charge in [-0.05, 0) is 23.4 Å². The van der Waals surface area contributed by atoms with Crippen molar-refractivity contribution in [2.75, 3.05) is 6.54 Å². The van der Waals surface area contributed by atoms with Gasteiger partial charge in [0.1, 0.15) is 18.8 Å². The predicted octanol–water partition coefficient (Wildman–Crippen LogP) is 1.18. The molecule has 1 aromatic heterocycles. The second kappa shape index (κ2) is 4.90. The van der Waals surface area contributed by atoms with E-state index in [0.29, 0.717) is 0 Å². The number of quaternary nitrogens is 1. The van der Waals surface area contributed by atoms with Gasteiger partial charge in [-0.3, -0.25) is 4.90 Å². The molecule has 1 unspecified atom stereocenters. The van der Waals surface area contributed by atoms with Crippen LogP contribution >= 0.6 is 0 Å². The van der Waals surface area contributed by atoms with Gasteiger partial charge in [-0.25, -0.2) is 0 Å². The Morgan fingerprint density at radius 1 is 1.05 bits per heavy atom. The van der Waals surface area contributed by atoms with Crippen LogP contribution in [-0.2, 0) is 6.54 Å². The fourth-order valence-electron chi connectivity index (χ4n) is 3.31. The van der Waals surface area contributed by atoms with Gasteiger partial charge in [0, 0.05) is 34.8 Å². The number of nitrogens with one attached hydrogen (secondary N) is 2. The third-order valence-corrected chi connectivity index (χ3v) is 4.54. The summed E-state index contributed by atoms with van der Waals surface area (Å²) in [6, 6.07) is 17.2. The summed E-state index contributed by atoms with van der Waals surface area (Å²) in [5.74, 6) is 0. The first-order valence-electron chi connectivity index (χ1n) is 7.49. The molecule has 0 spiro atoms. The SMILES string of the molecule is CC1=c2ccccc2=CC[NH+]1Cc1c[nH]c2ccccc12. The molecule has 1 aliphatic heterocycles. The summed E-state index contributed by atoms with van der Waals surface area (Å²) in [5.41, 5.74) is 4.07. The zero-order valence-electron chi connectivity index (χ0n) is 12.2. The van der Waals surface area contributed by atoms with Crippen molar-refractivity contribution in [3.63, 3.8) is 0 Å². The van der Waals surface area contributed by atoms with Crippen molar-refractivity contribution >= 4 is 22.7 Å². The van der Waals surface area contributed by atoms with Crippen molar-refractivity contribution in [1.29, 1.82) is 0 Å². The van der Waals surface area contributed by atoms with Crippen molar-refractivity contribution in [2.45, 2.75) is 13.5 Å². The molecule has 2 N–H and O–H groups in total. The molecule has 21 heavy (non-hydrogen) atoms. The van der Waals surface area contributed by atoms with Gasteiger partial charge in [-0.15, -0.1) is 0 Å². The lowest BCUT2D eigenvalue weighted by atomic mass is 10.1. The van der Waals surface area contributed by atoms with E-state index in [1.54, 1.807) is 0 Å². The molecule has 2 nitrogen and oxygen atoms in total. The average Bonchev–Trinajstić information content (AvgIpc) is 2.94. The topological polar surface area (TPSA) is 20.2 Å². The number of hydrogen-bond acceptors (Lipinski definition) is 0. The van der Waals surface area contributed by atoms with E-state index in [4.69, 9.17) is 0 Å². The van der Waals surface area contributed by atoms with E-state index in [0.717, 1.165) is 13.1 Å². The van der Waals surface area contributed by atoms with E-state index in [1.807, 2.05) is 0 Å². The minimum Gasteiger partial charge on any atom is -0.361 e. The van der Waals surface area contributed by atoms with Crippen LogP contribution in [0.15, 0.2) is 54.7 Å². The van der Waals surface area contributed by atoms with Crippen LogP contribution in [0.3, 0.4) is 0 Å². The standard InChI is InChI=1S/C19H18N2/c1-14-17-7-3-2-6-15(17)10-11-21(14)13-16-12-20-19-9-5-4-8-18(16)19/h2-10,12,20H,11,13H2,1H3/p+1. The Morgan fingerprint density at radius 3 is 2.81 bits per heavy atom. The lowest BCUT2D eigenvalue weighted by Crippen LogP contribution is -3.09. The lowest BCUT2D eigenvalue weighted by molar-refractivity contribution is -0.833. The summed E-state index contributed by atoms with van der Waals surface area (Å²) in [5, 5.41) is 4.10. The van der Waals surface area contributed by atoms with E-state index in [1.165, 1.54) is 37.5 Å². The van der Waals surface area contributed by atoms with Gasteiger partial charge >= 0.3 is 0 Å². The van der Waals surface area contributed by atoms with Crippen molar-refractivity contribution < 1.29 is 4.90 Å². The first-order valence-corrected chi connectivity index (χ1v) is 7.49. The van der Waals surface area contributed by atoms with Gasteiger partial charge < -0.3 is 4.98 Å². The summed E-state index contributed by atoms with van der Waals surface area (Å²) in [7, 11) is 0. The normalized spacial score (nSPS) is 17.6. The number of hydrogen-bond donors (Lipinski definition) is 2. The van der Waals surface area contributed by atoms with Gasteiger partial charge in [-0.2, -0.15) is 0 Å². The first-order chi connectivity index (χ1) is 10.3. The van der Waals surface area contributed by atoms with Crippen molar-refractivity contribution in [1.82, 2.24) is 4.98 Å². The highest BCUT2D eigenvalue weighted by atomic mass is 15.1.